The molecule has 3 aromatic heterocycles. The number of hydrogen-bond acceptors (Lipinski definition) is 6. The summed E-state index contributed by atoms with van der Waals surface area (Å²) in [5.74, 6) is 1.46. The first-order valence-electron chi connectivity index (χ1n) is 9.50. The highest BCUT2D eigenvalue weighted by atomic mass is 19.1. The molecule has 3 heterocycles. The van der Waals surface area contributed by atoms with Crippen LogP contribution in [0.4, 0.5) is 22.0 Å². The van der Waals surface area contributed by atoms with E-state index >= 15 is 0 Å². The first-order chi connectivity index (χ1) is 14.0. The number of aromatic nitrogens is 5. The maximum Gasteiger partial charge on any atom is 0.225 e. The highest BCUT2D eigenvalue weighted by Crippen LogP contribution is 2.28. The number of rotatable bonds is 6. The van der Waals surface area contributed by atoms with Gasteiger partial charge < -0.3 is 10.6 Å². The van der Waals surface area contributed by atoms with E-state index in [9.17, 15) is 4.39 Å². The van der Waals surface area contributed by atoms with Crippen molar-refractivity contribution >= 4 is 28.5 Å². The van der Waals surface area contributed by atoms with Crippen molar-refractivity contribution in [1.82, 2.24) is 25.1 Å². The second-order valence-electron chi connectivity index (χ2n) is 6.89. The lowest BCUT2D eigenvalue weighted by atomic mass is 10.1. The molecule has 8 heteroatoms. The summed E-state index contributed by atoms with van der Waals surface area (Å²) in [4.78, 5) is 13.5. The van der Waals surface area contributed by atoms with Crippen LogP contribution in [0.1, 0.15) is 36.8 Å². The number of anilines is 3. The van der Waals surface area contributed by atoms with Gasteiger partial charge in [0, 0.05) is 17.1 Å². The average molecular weight is 391 g/mol. The van der Waals surface area contributed by atoms with Crippen molar-refractivity contribution in [2.45, 2.75) is 33.2 Å². The van der Waals surface area contributed by atoms with E-state index in [0.29, 0.717) is 23.3 Å². The zero-order valence-corrected chi connectivity index (χ0v) is 16.5. The van der Waals surface area contributed by atoms with E-state index in [-0.39, 0.29) is 11.9 Å². The van der Waals surface area contributed by atoms with Gasteiger partial charge in [-0.2, -0.15) is 10.1 Å². The van der Waals surface area contributed by atoms with Crippen molar-refractivity contribution in [3.8, 4) is 0 Å². The molecule has 1 atom stereocenters. The first-order valence-corrected chi connectivity index (χ1v) is 9.50. The van der Waals surface area contributed by atoms with E-state index in [1.54, 1.807) is 6.07 Å². The molecule has 0 aliphatic heterocycles. The summed E-state index contributed by atoms with van der Waals surface area (Å²) >= 11 is 0. The van der Waals surface area contributed by atoms with Gasteiger partial charge >= 0.3 is 0 Å². The van der Waals surface area contributed by atoms with Crippen LogP contribution in [0.5, 0.6) is 0 Å². The second-order valence-corrected chi connectivity index (χ2v) is 6.89. The number of aryl methyl sites for hydroxylation is 2. The molecule has 4 rings (SSSR count). The molecular weight excluding hydrogens is 369 g/mol. The van der Waals surface area contributed by atoms with E-state index < -0.39 is 0 Å². The van der Waals surface area contributed by atoms with Gasteiger partial charge in [-0.15, -0.1) is 0 Å². The third kappa shape index (κ3) is 4.01. The zero-order valence-electron chi connectivity index (χ0n) is 16.5. The predicted octanol–water partition coefficient (Wildman–Crippen LogP) is 4.67. The third-order valence-electron chi connectivity index (χ3n) is 4.73. The number of benzene rings is 1. The molecule has 29 heavy (non-hydrogen) atoms. The van der Waals surface area contributed by atoms with Gasteiger partial charge in [0.2, 0.25) is 5.95 Å². The van der Waals surface area contributed by atoms with Crippen LogP contribution < -0.4 is 10.6 Å². The Labute approximate surface area is 167 Å². The van der Waals surface area contributed by atoms with Crippen LogP contribution in [0.3, 0.4) is 0 Å². The summed E-state index contributed by atoms with van der Waals surface area (Å²) in [5, 5.41) is 14.8. The average Bonchev–Trinajstić information content (AvgIpc) is 3.16. The van der Waals surface area contributed by atoms with Crippen LogP contribution >= 0.6 is 0 Å². The van der Waals surface area contributed by atoms with Crippen molar-refractivity contribution in [3.05, 3.63) is 65.4 Å². The van der Waals surface area contributed by atoms with E-state index in [2.05, 4.69) is 42.7 Å². The van der Waals surface area contributed by atoms with E-state index in [1.165, 1.54) is 12.3 Å². The minimum absolute atomic E-state index is 0.192. The molecule has 0 amide bonds. The SMILES string of the molecule is CCc1cc(Nc2nc(N[C@@H](C)c3ccc(F)cn3)nc3cccc(C)c23)n[nH]1. The molecule has 0 aliphatic carbocycles. The number of fused-ring (bicyclic) bond motifs is 1. The van der Waals surface area contributed by atoms with Crippen LogP contribution in [0.2, 0.25) is 0 Å². The maximum atomic E-state index is 13.2. The second kappa shape index (κ2) is 7.83. The fraction of sp³-hybridized carbons (Fsp3) is 0.238. The molecular formula is C21H22FN7. The van der Waals surface area contributed by atoms with Gasteiger partial charge in [0.05, 0.1) is 23.4 Å². The summed E-state index contributed by atoms with van der Waals surface area (Å²) in [6.07, 6.45) is 2.07. The van der Waals surface area contributed by atoms with Crippen LogP contribution in [0.15, 0.2) is 42.6 Å². The monoisotopic (exact) mass is 391 g/mol. The molecule has 0 fully saturated rings. The van der Waals surface area contributed by atoms with E-state index in [0.717, 1.165) is 28.6 Å². The Morgan fingerprint density at radius 2 is 2.03 bits per heavy atom. The first kappa shape index (κ1) is 18.8. The van der Waals surface area contributed by atoms with E-state index in [4.69, 9.17) is 0 Å². The van der Waals surface area contributed by atoms with Crippen LogP contribution in [0, 0.1) is 12.7 Å². The van der Waals surface area contributed by atoms with Gasteiger partial charge in [-0.05, 0) is 44.0 Å². The molecule has 4 aromatic rings. The van der Waals surface area contributed by atoms with Gasteiger partial charge in [-0.25, -0.2) is 9.37 Å². The molecule has 0 saturated heterocycles. The molecule has 0 saturated carbocycles. The number of aromatic amines is 1. The molecule has 0 bridgehead atoms. The number of nitrogens with zero attached hydrogens (tertiary/aromatic N) is 4. The molecule has 0 unspecified atom stereocenters. The Morgan fingerprint density at radius 1 is 1.17 bits per heavy atom. The Bertz CT molecular complexity index is 1140. The molecule has 0 radical (unpaired) electrons. The number of halogens is 1. The minimum Gasteiger partial charge on any atom is -0.346 e. The van der Waals surface area contributed by atoms with Gasteiger partial charge in [0.25, 0.3) is 0 Å². The lowest BCUT2D eigenvalue weighted by molar-refractivity contribution is 0.617. The molecule has 3 N–H and O–H groups in total. The molecule has 148 valence electrons. The van der Waals surface area contributed by atoms with Crippen molar-refractivity contribution in [3.63, 3.8) is 0 Å². The smallest absolute Gasteiger partial charge is 0.225 e. The molecule has 7 nitrogen and oxygen atoms in total. The van der Waals surface area contributed by atoms with Crippen LogP contribution in [-0.4, -0.2) is 25.1 Å². The standard InChI is InChI=1S/C21H22FN7/c1-4-15-10-18(29-28-15)26-20-19-12(2)6-5-7-17(19)25-21(27-20)24-13(3)16-9-8-14(22)11-23-16/h5-11,13H,4H2,1-3H3,(H3,24,25,26,27,28,29)/t13-/m0/s1. The maximum absolute atomic E-state index is 13.2. The number of H-pyrrole nitrogens is 1. The summed E-state index contributed by atoms with van der Waals surface area (Å²) in [7, 11) is 0. The number of nitrogens with one attached hydrogen (secondary N) is 3. The van der Waals surface area contributed by atoms with Crippen molar-refractivity contribution in [2.75, 3.05) is 10.6 Å². The summed E-state index contributed by atoms with van der Waals surface area (Å²) in [6.45, 7) is 6.02. The van der Waals surface area contributed by atoms with Crippen molar-refractivity contribution in [2.24, 2.45) is 0 Å². The van der Waals surface area contributed by atoms with Gasteiger partial charge in [0.15, 0.2) is 5.82 Å². The van der Waals surface area contributed by atoms with Gasteiger partial charge in [0.1, 0.15) is 11.6 Å². The van der Waals surface area contributed by atoms with Crippen molar-refractivity contribution < 1.29 is 4.39 Å². The lowest BCUT2D eigenvalue weighted by Gasteiger charge is -2.16. The zero-order chi connectivity index (χ0) is 20.4. The van der Waals surface area contributed by atoms with Crippen LogP contribution in [0.25, 0.3) is 10.9 Å². The van der Waals surface area contributed by atoms with Gasteiger partial charge in [-0.1, -0.05) is 19.1 Å². The predicted molar refractivity (Wildman–Crippen MR) is 112 cm³/mol. The minimum atomic E-state index is -0.365. The number of hydrogen-bond donors (Lipinski definition) is 3. The van der Waals surface area contributed by atoms with Crippen LogP contribution in [-0.2, 0) is 6.42 Å². The lowest BCUT2D eigenvalue weighted by Crippen LogP contribution is -2.12. The van der Waals surface area contributed by atoms with Gasteiger partial charge in [-0.3, -0.25) is 10.1 Å². The third-order valence-corrected chi connectivity index (χ3v) is 4.73. The normalized spacial score (nSPS) is 12.1. The fourth-order valence-corrected chi connectivity index (χ4v) is 3.15. The summed E-state index contributed by atoms with van der Waals surface area (Å²) in [6, 6.07) is 10.7. The molecule has 0 spiro atoms. The fourth-order valence-electron chi connectivity index (χ4n) is 3.15. The Hall–Kier alpha value is -3.55. The highest BCUT2D eigenvalue weighted by molar-refractivity contribution is 5.94. The topological polar surface area (TPSA) is 91.4 Å². The summed E-state index contributed by atoms with van der Waals surface area (Å²) in [5.41, 5.74) is 3.62. The highest BCUT2D eigenvalue weighted by Gasteiger charge is 2.14. The molecule has 1 aromatic carbocycles. The Balaban J connectivity index is 1.70. The largest absolute Gasteiger partial charge is 0.346 e. The quantitative estimate of drug-likeness (QED) is 0.442. The Morgan fingerprint density at radius 3 is 2.76 bits per heavy atom. The molecule has 0 aliphatic rings. The summed E-state index contributed by atoms with van der Waals surface area (Å²) < 4.78 is 13.2. The van der Waals surface area contributed by atoms with Crippen molar-refractivity contribution in [1.29, 1.82) is 0 Å². The Kier molecular flexibility index (Phi) is 5.07. The number of pyridine rings is 1. The van der Waals surface area contributed by atoms with E-state index in [1.807, 2.05) is 38.1 Å².